The first kappa shape index (κ1) is 13.1. The van der Waals surface area contributed by atoms with Crippen molar-refractivity contribution in [1.82, 2.24) is 4.90 Å². The molecule has 0 aromatic carbocycles. The molecule has 18 heavy (non-hydrogen) atoms. The Morgan fingerprint density at radius 2 is 2.39 bits per heavy atom. The summed E-state index contributed by atoms with van der Waals surface area (Å²) in [5, 5.41) is 9.13. The lowest BCUT2D eigenvalue weighted by molar-refractivity contribution is 0.118. The summed E-state index contributed by atoms with van der Waals surface area (Å²) in [5.74, 6) is 1.40. The highest BCUT2D eigenvalue weighted by Crippen LogP contribution is 2.23. The second-order valence-electron chi connectivity index (χ2n) is 5.09. The number of hydrogen-bond acceptors (Lipinski definition) is 5. The first-order valence-electron chi connectivity index (χ1n) is 6.33. The molecule has 0 amide bonds. The third-order valence-corrected chi connectivity index (χ3v) is 3.75. The molecule has 2 rings (SSSR count). The number of rotatable bonds is 3. The third-order valence-electron chi connectivity index (χ3n) is 3.75. The maximum Gasteiger partial charge on any atom is 0.226 e. The van der Waals surface area contributed by atoms with Crippen molar-refractivity contribution in [2.75, 3.05) is 19.6 Å². The maximum absolute atomic E-state index is 11.3. The lowest BCUT2D eigenvalue weighted by Crippen LogP contribution is -2.42. The van der Waals surface area contributed by atoms with Crippen molar-refractivity contribution in [3.63, 3.8) is 0 Å². The molecule has 1 saturated heterocycles. The van der Waals surface area contributed by atoms with Crippen LogP contribution in [0.25, 0.3) is 0 Å². The van der Waals surface area contributed by atoms with Crippen LogP contribution < -0.4 is 11.2 Å². The van der Waals surface area contributed by atoms with E-state index in [4.69, 9.17) is 15.3 Å². The van der Waals surface area contributed by atoms with Crippen LogP contribution in [0, 0.1) is 11.8 Å². The van der Waals surface area contributed by atoms with Crippen LogP contribution in [0.4, 0.5) is 0 Å². The van der Waals surface area contributed by atoms with Crippen LogP contribution >= 0.6 is 0 Å². The number of nitrogens with two attached hydrogens (primary N) is 1. The highest BCUT2D eigenvalue weighted by atomic mass is 16.4. The Morgan fingerprint density at radius 1 is 1.61 bits per heavy atom. The molecule has 0 aliphatic carbocycles. The van der Waals surface area contributed by atoms with Crippen LogP contribution in [0.2, 0.25) is 0 Å². The number of aromatic hydroxyl groups is 1. The minimum atomic E-state index is -0.392. The van der Waals surface area contributed by atoms with Gasteiger partial charge in [0.05, 0.1) is 6.54 Å². The van der Waals surface area contributed by atoms with Crippen LogP contribution in [-0.2, 0) is 6.54 Å². The van der Waals surface area contributed by atoms with Gasteiger partial charge < -0.3 is 15.3 Å². The van der Waals surface area contributed by atoms with E-state index in [9.17, 15) is 4.79 Å². The number of hydrogen-bond donors (Lipinski definition) is 2. The molecular formula is C13H20N2O3. The number of nitrogens with zero attached hydrogens (tertiary/aromatic N) is 1. The van der Waals surface area contributed by atoms with Gasteiger partial charge in [0, 0.05) is 12.6 Å². The van der Waals surface area contributed by atoms with Crippen molar-refractivity contribution >= 4 is 0 Å². The zero-order valence-electron chi connectivity index (χ0n) is 10.6. The van der Waals surface area contributed by atoms with Crippen LogP contribution in [0.5, 0.6) is 5.75 Å². The van der Waals surface area contributed by atoms with Gasteiger partial charge in [-0.05, 0) is 31.3 Å². The standard InChI is InChI=1S/C13H20N2O3/c1-9-2-3-15(6-10(9)5-14)7-11-4-12(16)13(17)8-18-11/h4,8-10,17H,2-3,5-7,14H2,1H3. The lowest BCUT2D eigenvalue weighted by atomic mass is 9.87. The average molecular weight is 252 g/mol. The van der Waals surface area contributed by atoms with Crippen molar-refractivity contribution in [2.24, 2.45) is 17.6 Å². The molecule has 2 atom stereocenters. The van der Waals surface area contributed by atoms with E-state index in [1.54, 1.807) is 0 Å². The average Bonchev–Trinajstić information content (AvgIpc) is 2.36. The van der Waals surface area contributed by atoms with E-state index < -0.39 is 5.43 Å². The lowest BCUT2D eigenvalue weighted by Gasteiger charge is -2.36. The van der Waals surface area contributed by atoms with Gasteiger partial charge in [-0.25, -0.2) is 0 Å². The quantitative estimate of drug-likeness (QED) is 0.830. The van der Waals surface area contributed by atoms with Crippen molar-refractivity contribution in [1.29, 1.82) is 0 Å². The number of piperidine rings is 1. The molecule has 5 nitrogen and oxygen atoms in total. The van der Waals surface area contributed by atoms with E-state index >= 15 is 0 Å². The van der Waals surface area contributed by atoms with Gasteiger partial charge in [0.2, 0.25) is 5.43 Å². The smallest absolute Gasteiger partial charge is 0.226 e. The highest BCUT2D eigenvalue weighted by molar-refractivity contribution is 5.15. The Bertz CT molecular complexity index is 458. The van der Waals surface area contributed by atoms with Crippen LogP contribution in [0.1, 0.15) is 19.1 Å². The molecule has 0 saturated carbocycles. The molecule has 0 spiro atoms. The van der Waals surface area contributed by atoms with E-state index in [-0.39, 0.29) is 5.75 Å². The Morgan fingerprint density at radius 3 is 3.06 bits per heavy atom. The van der Waals surface area contributed by atoms with Gasteiger partial charge in [0.15, 0.2) is 5.75 Å². The molecule has 1 aromatic heterocycles. The molecule has 5 heteroatoms. The summed E-state index contributed by atoms with van der Waals surface area (Å²) >= 11 is 0. The normalized spacial score (nSPS) is 25.2. The predicted octanol–water partition coefficient (Wildman–Crippen LogP) is 0.762. The molecule has 2 heterocycles. The molecule has 1 aromatic rings. The van der Waals surface area contributed by atoms with Gasteiger partial charge >= 0.3 is 0 Å². The summed E-state index contributed by atoms with van der Waals surface area (Å²) in [6.45, 7) is 5.44. The summed E-state index contributed by atoms with van der Waals surface area (Å²) in [5.41, 5.74) is 5.37. The SMILES string of the molecule is CC1CCN(Cc2cc(=O)c(O)co2)CC1CN. The Hall–Kier alpha value is -1.33. The first-order valence-corrected chi connectivity index (χ1v) is 6.33. The van der Waals surface area contributed by atoms with Crippen LogP contribution in [0.3, 0.4) is 0 Å². The van der Waals surface area contributed by atoms with E-state index in [1.807, 2.05) is 0 Å². The molecule has 1 aliphatic heterocycles. The van der Waals surface area contributed by atoms with Crippen molar-refractivity contribution in [3.05, 3.63) is 28.3 Å². The Balaban J connectivity index is 2.01. The summed E-state index contributed by atoms with van der Waals surface area (Å²) in [4.78, 5) is 13.5. The monoisotopic (exact) mass is 252 g/mol. The fourth-order valence-corrected chi connectivity index (χ4v) is 2.42. The molecule has 0 radical (unpaired) electrons. The zero-order chi connectivity index (χ0) is 13.1. The molecule has 1 aliphatic rings. The summed E-state index contributed by atoms with van der Waals surface area (Å²) in [6, 6.07) is 1.35. The summed E-state index contributed by atoms with van der Waals surface area (Å²) in [7, 11) is 0. The van der Waals surface area contributed by atoms with E-state index in [0.717, 1.165) is 25.8 Å². The molecule has 3 N–H and O–H groups in total. The summed E-state index contributed by atoms with van der Waals surface area (Å²) in [6.07, 6.45) is 2.22. The molecule has 100 valence electrons. The van der Waals surface area contributed by atoms with Gasteiger partial charge in [-0.15, -0.1) is 0 Å². The van der Waals surface area contributed by atoms with E-state index in [2.05, 4.69) is 11.8 Å². The largest absolute Gasteiger partial charge is 0.502 e. The fraction of sp³-hybridized carbons (Fsp3) is 0.615. The number of likely N-dealkylation sites (tertiary alicyclic amines) is 1. The Kier molecular flexibility index (Phi) is 4.04. The fourth-order valence-electron chi connectivity index (χ4n) is 2.42. The van der Waals surface area contributed by atoms with Gasteiger partial charge in [-0.1, -0.05) is 6.92 Å². The maximum atomic E-state index is 11.3. The summed E-state index contributed by atoms with van der Waals surface area (Å²) < 4.78 is 5.21. The van der Waals surface area contributed by atoms with Gasteiger partial charge in [-0.3, -0.25) is 9.69 Å². The van der Waals surface area contributed by atoms with Gasteiger partial charge in [0.25, 0.3) is 0 Å². The predicted molar refractivity (Wildman–Crippen MR) is 68.2 cm³/mol. The van der Waals surface area contributed by atoms with Crippen LogP contribution in [0.15, 0.2) is 21.5 Å². The van der Waals surface area contributed by atoms with E-state index in [1.165, 1.54) is 6.07 Å². The van der Waals surface area contributed by atoms with Crippen molar-refractivity contribution < 1.29 is 9.52 Å². The second-order valence-corrected chi connectivity index (χ2v) is 5.09. The first-order chi connectivity index (χ1) is 8.60. The highest BCUT2D eigenvalue weighted by Gasteiger charge is 2.25. The second kappa shape index (κ2) is 5.54. The van der Waals surface area contributed by atoms with Crippen LogP contribution in [-0.4, -0.2) is 29.6 Å². The molecule has 1 fully saturated rings. The minimum absolute atomic E-state index is 0.342. The molecule has 0 bridgehead atoms. The van der Waals surface area contributed by atoms with Crippen molar-refractivity contribution in [2.45, 2.75) is 19.9 Å². The molecular weight excluding hydrogens is 232 g/mol. The molecule has 2 unspecified atom stereocenters. The van der Waals surface area contributed by atoms with Crippen molar-refractivity contribution in [3.8, 4) is 5.75 Å². The topological polar surface area (TPSA) is 79.7 Å². The minimum Gasteiger partial charge on any atom is -0.502 e. The van der Waals surface area contributed by atoms with Gasteiger partial charge in [0.1, 0.15) is 12.0 Å². The zero-order valence-corrected chi connectivity index (χ0v) is 10.6. The van der Waals surface area contributed by atoms with Gasteiger partial charge in [-0.2, -0.15) is 0 Å². The Labute approximate surface area is 106 Å². The van der Waals surface area contributed by atoms with E-state index in [0.29, 0.717) is 30.7 Å². The third kappa shape index (κ3) is 2.91.